The van der Waals surface area contributed by atoms with Crippen molar-refractivity contribution < 1.29 is 94.6 Å². The van der Waals surface area contributed by atoms with Crippen LogP contribution in [0.4, 0.5) is 84.5 Å². The van der Waals surface area contributed by atoms with Crippen LogP contribution in [0, 0.1) is 67.0 Å². The van der Waals surface area contributed by atoms with Gasteiger partial charge in [-0.25, -0.2) is 28.7 Å². The molecule has 0 bridgehead atoms. The highest BCUT2D eigenvalue weighted by Gasteiger charge is 2.52. The number of carbonyl (C=O) groups excluding carboxylic acids is 3. The molecule has 0 unspecified atom stereocenters. The summed E-state index contributed by atoms with van der Waals surface area (Å²) in [7, 11) is -0.551. The number of nitrogen functional groups attached to an aromatic ring is 2. The van der Waals surface area contributed by atoms with E-state index in [4.69, 9.17) is 36.1 Å². The average molecular weight is 2280 g/mol. The first kappa shape index (κ1) is 110. The maximum absolute atomic E-state index is 13.3. The van der Waals surface area contributed by atoms with E-state index in [1.807, 2.05) is 104 Å². The van der Waals surface area contributed by atoms with E-state index in [9.17, 15) is 75.8 Å². The zero-order valence-corrected chi connectivity index (χ0v) is 87.4. The zero-order chi connectivity index (χ0) is 107. The van der Waals surface area contributed by atoms with E-state index in [0.29, 0.717) is 101 Å². The molecular formula is C101H96BBr4F14N19O7. The third-order valence-electron chi connectivity index (χ3n) is 24.5. The summed E-state index contributed by atoms with van der Waals surface area (Å²) in [5.74, 6) is 3.72. The highest BCUT2D eigenvalue weighted by Crippen LogP contribution is 2.42. The third kappa shape index (κ3) is 25.9. The maximum Gasteiger partial charge on any atom is 0.494 e. The Kier molecular flexibility index (Phi) is 33.4. The molecule has 6 N–H and O–H groups in total. The van der Waals surface area contributed by atoms with Crippen molar-refractivity contribution in [2.45, 2.75) is 172 Å². The minimum Gasteiger partial charge on any atom is -0.475 e. The molecule has 0 atom stereocenters. The molecule has 0 radical (unpaired) electrons. The number of fused-ring (bicyclic) bond motifs is 7. The largest absolute Gasteiger partial charge is 0.494 e. The normalized spacial score (nSPS) is 14.4. The third-order valence-corrected chi connectivity index (χ3v) is 26.5. The van der Waals surface area contributed by atoms with Gasteiger partial charge in [-0.3, -0.25) is 38.1 Å². The van der Waals surface area contributed by atoms with Gasteiger partial charge in [0.25, 0.3) is 11.8 Å². The van der Waals surface area contributed by atoms with Gasteiger partial charge < -0.3 is 45.9 Å². The van der Waals surface area contributed by atoms with Crippen LogP contribution in [0.2, 0.25) is 0 Å². The molecule has 26 nitrogen and oxygen atoms in total. The Balaban J connectivity index is 0.000000150. The number of Topliss-reactive ketones (excluding diaryl/α,β-unsaturated/α-hetero) is 1. The molecule has 4 aliphatic rings. The quantitative estimate of drug-likeness (QED) is 0.0270. The van der Waals surface area contributed by atoms with Gasteiger partial charge in [-0.2, -0.15) is 78.2 Å². The second kappa shape index (κ2) is 44.3. The Morgan fingerprint density at radius 1 is 0.438 bits per heavy atom. The van der Waals surface area contributed by atoms with Crippen LogP contribution in [0.25, 0.3) is 65.9 Å². The molecule has 146 heavy (non-hydrogen) atoms. The number of aromatic nitrogens is 12. The van der Waals surface area contributed by atoms with Crippen molar-refractivity contribution in [1.29, 1.82) is 0 Å². The lowest BCUT2D eigenvalue weighted by Crippen LogP contribution is -2.41. The van der Waals surface area contributed by atoms with Gasteiger partial charge in [0.15, 0.2) is 5.78 Å². The van der Waals surface area contributed by atoms with Gasteiger partial charge in [-0.05, 0) is 281 Å². The number of hydrogen-bond acceptors (Lipinski definition) is 20. The molecule has 10 heterocycles. The molecule has 19 rings (SSSR count). The van der Waals surface area contributed by atoms with Crippen LogP contribution in [-0.2, 0) is 42.0 Å². The summed E-state index contributed by atoms with van der Waals surface area (Å²) < 4.78 is 209. The highest BCUT2D eigenvalue weighted by atomic mass is 79.9. The van der Waals surface area contributed by atoms with Gasteiger partial charge >= 0.3 is 31.8 Å². The number of amides is 2. The Morgan fingerprint density at radius 3 is 1.16 bits per heavy atom. The Morgan fingerprint density at radius 2 is 0.781 bits per heavy atom. The fourth-order valence-electron chi connectivity index (χ4n) is 16.6. The molecule has 15 aromatic rings. The van der Waals surface area contributed by atoms with Crippen molar-refractivity contribution in [2.75, 3.05) is 47.6 Å². The van der Waals surface area contributed by atoms with Gasteiger partial charge in [0.1, 0.15) is 86.4 Å². The van der Waals surface area contributed by atoms with Crippen LogP contribution in [0.5, 0.6) is 11.8 Å². The molecule has 45 heteroatoms. The Bertz CT molecular complexity index is 7290. The number of nitrogens with two attached hydrogens (primary N) is 3. The van der Waals surface area contributed by atoms with Gasteiger partial charge in [-0.15, -0.1) is 0 Å². The lowest BCUT2D eigenvalue weighted by Gasteiger charge is -2.32. The smallest absolute Gasteiger partial charge is 0.475 e. The summed E-state index contributed by atoms with van der Waals surface area (Å²) in [5, 5.41) is 22.3. The summed E-state index contributed by atoms with van der Waals surface area (Å²) in [4.78, 5) is 60.8. The highest BCUT2D eigenvalue weighted by molar-refractivity contribution is 9.11. The first-order chi connectivity index (χ1) is 68.3. The standard InChI is InChI=1S/2C25H23F3N6O2.C16H20BF3N2O2.C10H8BrF3N2.C9H8BrN.C8H8BrFN2.C8H6BrFO/c2*1-13-8-17(33-6-7-36-23-21(24(33)35)22(29)30-12-31-23)9-14(2)20(13)16-4-5-19-18(10-16)15(3)34(32-19)11-25(26,27)28;1-10-12-8-11(17-23-14(2,3)15(4,5)24-17)6-7-13(12)21-22(10)9-16(18,19)20;1-6-8-4-7(11)2-3-9(8)15-16(6)5-10(12,13)14;1-6-9-4-8(10)3-2-7(9)5-11-6;1-5(12-11)7-4-6(9)2-3-8(7)10;1-5(11)7-4-6(9)2-3-8(7)10/h2*4-5,8-10,12H,6-7,11H2,1-3H3,(H2,29,30,31);6-8H,9H2,1-5H3;2-4H,5H2,1H3;2-4H,5H2,1H3;2-4H,11H2,1H3;2-4H,1H3/b;;;;;12-5+;. The molecule has 2 amide bonds. The molecule has 6 aromatic heterocycles. The number of aryl methyl sites for hydroxylation is 8. The molecule has 0 saturated carbocycles. The van der Waals surface area contributed by atoms with Crippen LogP contribution < -0.4 is 42.0 Å². The summed E-state index contributed by atoms with van der Waals surface area (Å²) in [5.41, 5.74) is 29.3. The van der Waals surface area contributed by atoms with E-state index >= 15 is 0 Å². The van der Waals surface area contributed by atoms with Gasteiger partial charge in [-0.1, -0.05) is 94.1 Å². The fourth-order valence-corrected chi connectivity index (χ4v) is 18.0. The summed E-state index contributed by atoms with van der Waals surface area (Å²) >= 11 is 13.1. The van der Waals surface area contributed by atoms with Crippen molar-refractivity contribution in [1.82, 2.24) is 59.1 Å². The Hall–Kier alpha value is -13.1. The number of aliphatic imine (C=N–C) groups is 1. The monoisotopic (exact) mass is 2280 g/mol. The van der Waals surface area contributed by atoms with Crippen LogP contribution in [0.3, 0.4) is 0 Å². The zero-order valence-electron chi connectivity index (χ0n) is 81.1. The number of anilines is 4. The second-order valence-electron chi connectivity index (χ2n) is 35.5. The topological polar surface area (TPSA) is 320 Å². The van der Waals surface area contributed by atoms with E-state index in [2.05, 4.69) is 139 Å². The number of ether oxygens (including phenoxy) is 2. The first-order valence-corrected chi connectivity index (χ1v) is 48.0. The van der Waals surface area contributed by atoms with Crippen molar-refractivity contribution in [3.05, 3.63) is 272 Å². The van der Waals surface area contributed by atoms with Crippen molar-refractivity contribution >= 4 is 172 Å². The van der Waals surface area contributed by atoms with Crippen molar-refractivity contribution in [2.24, 2.45) is 15.9 Å². The van der Waals surface area contributed by atoms with Gasteiger partial charge in [0.2, 0.25) is 11.8 Å². The SMILES string of the molecule is C/C(=N\N)c1cc(Br)ccc1F.CC(=O)c1cc(Br)ccc1F.CC1=NCc2ccc(Br)cc21.Cc1c2cc(B3OC(C)(C)C(C)(C)O3)ccc2nn1CC(F)(F)F.Cc1c2cc(Br)ccc2nn1CC(F)(F)F.Cc1cc(N2CCOc3ncnc(N)c3C2=O)cc(C)c1-c1ccc2nn(CC(F)(F)F)c(C)c2c1.Cc1cc(N2CCOc3ncnc(N)c3C2=O)cc(C)c1-c1ccc2nn(CC(F)(F)F)c(C)c2c1. The molecule has 766 valence electrons. The molecular weight excluding hydrogens is 2190 g/mol. The fraction of sp³-hybridized carbons (Fsp3) is 0.297. The lowest BCUT2D eigenvalue weighted by atomic mass is 9.78. The van der Waals surface area contributed by atoms with Crippen LogP contribution in [0.1, 0.15) is 141 Å². The number of halogens is 18. The van der Waals surface area contributed by atoms with E-state index in [1.54, 1.807) is 111 Å². The minimum absolute atomic E-state index is 0.0525. The molecule has 9 aromatic carbocycles. The van der Waals surface area contributed by atoms with Crippen molar-refractivity contribution in [3.8, 4) is 34.0 Å². The van der Waals surface area contributed by atoms with E-state index in [1.165, 1.54) is 48.9 Å². The molecule has 4 aliphatic heterocycles. The first-order valence-electron chi connectivity index (χ1n) is 44.8. The van der Waals surface area contributed by atoms with E-state index in [0.717, 1.165) is 99.8 Å². The second-order valence-corrected chi connectivity index (χ2v) is 39.2. The molecule has 0 aliphatic carbocycles. The van der Waals surface area contributed by atoms with Gasteiger partial charge in [0.05, 0.1) is 64.2 Å². The lowest BCUT2D eigenvalue weighted by molar-refractivity contribution is -0.143. The predicted molar refractivity (Wildman–Crippen MR) is 547 cm³/mol. The number of ketones is 1. The number of alkyl halides is 12. The molecule has 1 fully saturated rings. The average Bonchev–Trinajstić information content (AvgIpc) is 1.61. The Labute approximate surface area is 862 Å². The number of benzene rings is 9. The minimum atomic E-state index is -4.36. The number of rotatable bonds is 11. The number of hydrogen-bond donors (Lipinski definition) is 3. The number of carbonyl (C=O) groups is 3. The number of hydrazone groups is 1. The predicted octanol–water partition coefficient (Wildman–Crippen LogP) is 23.9. The summed E-state index contributed by atoms with van der Waals surface area (Å²) in [6.45, 7) is 24.7. The molecule has 1 saturated heterocycles. The van der Waals surface area contributed by atoms with Crippen LogP contribution in [0.15, 0.2) is 192 Å². The van der Waals surface area contributed by atoms with Crippen molar-refractivity contribution in [3.63, 3.8) is 0 Å². The van der Waals surface area contributed by atoms with Crippen LogP contribution in [-0.4, -0.2) is 157 Å². The number of nitrogens with zero attached hydrogens (tertiary/aromatic N) is 16. The summed E-state index contributed by atoms with van der Waals surface area (Å²) in [6, 6.07) is 44.2. The van der Waals surface area contributed by atoms with E-state index < -0.39 is 75.0 Å². The van der Waals surface area contributed by atoms with E-state index in [-0.39, 0.29) is 76.7 Å². The molecule has 0 spiro atoms. The maximum atomic E-state index is 13.3. The summed E-state index contributed by atoms with van der Waals surface area (Å²) in [6.07, 6.45) is -14.7. The van der Waals surface area contributed by atoms with Crippen LogP contribution >= 0.6 is 63.7 Å². The van der Waals surface area contributed by atoms with Gasteiger partial charge in [0, 0.05) is 90.4 Å².